The number of nitrogens with one attached hydrogen (secondary N) is 2. The van der Waals surface area contributed by atoms with Crippen LogP contribution in [0.25, 0.3) is 0 Å². The predicted octanol–water partition coefficient (Wildman–Crippen LogP) is 3.73. The number of guanidine groups is 1. The Kier molecular flexibility index (Phi) is 9.69. The number of halogens is 1. The van der Waals surface area contributed by atoms with Gasteiger partial charge in [-0.25, -0.2) is 4.98 Å². The minimum Gasteiger partial charge on any atom is -0.356 e. The SMILES string of the molecule is CN=C(NCCCCn1ccnc1C)NCC(C)(C)c1ccccc1.I. The lowest BCUT2D eigenvalue weighted by Crippen LogP contribution is -2.43. The van der Waals surface area contributed by atoms with E-state index >= 15 is 0 Å². The maximum absolute atomic E-state index is 4.33. The van der Waals surface area contributed by atoms with E-state index in [2.05, 4.69) is 69.4 Å². The summed E-state index contributed by atoms with van der Waals surface area (Å²) in [6.45, 7) is 9.30. The van der Waals surface area contributed by atoms with E-state index in [1.165, 1.54) is 5.56 Å². The number of aromatic nitrogens is 2. The highest BCUT2D eigenvalue weighted by molar-refractivity contribution is 14.0. The average Bonchev–Trinajstić information content (AvgIpc) is 3.03. The Labute approximate surface area is 174 Å². The Morgan fingerprint density at radius 1 is 1.15 bits per heavy atom. The highest BCUT2D eigenvalue weighted by atomic mass is 127. The number of aryl methyl sites for hydroxylation is 2. The molecule has 0 fully saturated rings. The molecule has 6 heteroatoms. The minimum atomic E-state index is 0. The first-order valence-electron chi connectivity index (χ1n) is 9.01. The van der Waals surface area contributed by atoms with Crippen LogP contribution in [0.15, 0.2) is 47.7 Å². The van der Waals surface area contributed by atoms with Gasteiger partial charge in [0.05, 0.1) is 0 Å². The van der Waals surface area contributed by atoms with Crippen LogP contribution in [0.2, 0.25) is 0 Å². The van der Waals surface area contributed by atoms with Crippen LogP contribution in [0.5, 0.6) is 0 Å². The largest absolute Gasteiger partial charge is 0.356 e. The zero-order chi connectivity index (χ0) is 18.1. The molecule has 0 radical (unpaired) electrons. The Morgan fingerprint density at radius 3 is 2.50 bits per heavy atom. The average molecular weight is 469 g/mol. The van der Waals surface area contributed by atoms with Crippen LogP contribution in [-0.2, 0) is 12.0 Å². The van der Waals surface area contributed by atoms with E-state index in [0.29, 0.717) is 0 Å². The fourth-order valence-corrected chi connectivity index (χ4v) is 2.77. The van der Waals surface area contributed by atoms with Crippen molar-refractivity contribution in [1.29, 1.82) is 0 Å². The van der Waals surface area contributed by atoms with E-state index in [4.69, 9.17) is 0 Å². The van der Waals surface area contributed by atoms with Gasteiger partial charge in [0.1, 0.15) is 5.82 Å². The van der Waals surface area contributed by atoms with Crippen molar-refractivity contribution in [2.75, 3.05) is 20.1 Å². The summed E-state index contributed by atoms with van der Waals surface area (Å²) in [5.74, 6) is 1.94. The van der Waals surface area contributed by atoms with Crippen molar-refractivity contribution in [2.45, 2.75) is 45.6 Å². The number of hydrogen-bond acceptors (Lipinski definition) is 2. The van der Waals surface area contributed by atoms with E-state index in [1.54, 1.807) is 0 Å². The minimum absolute atomic E-state index is 0. The van der Waals surface area contributed by atoms with Crippen molar-refractivity contribution in [2.24, 2.45) is 4.99 Å². The number of nitrogens with zero attached hydrogens (tertiary/aromatic N) is 3. The third kappa shape index (κ3) is 6.97. The molecule has 0 unspecified atom stereocenters. The predicted molar refractivity (Wildman–Crippen MR) is 120 cm³/mol. The van der Waals surface area contributed by atoms with Crippen molar-refractivity contribution >= 4 is 29.9 Å². The summed E-state index contributed by atoms with van der Waals surface area (Å²) in [6.07, 6.45) is 6.11. The van der Waals surface area contributed by atoms with Gasteiger partial charge in [0.15, 0.2) is 5.96 Å². The normalized spacial score (nSPS) is 11.8. The van der Waals surface area contributed by atoms with E-state index in [-0.39, 0.29) is 29.4 Å². The van der Waals surface area contributed by atoms with Crippen molar-refractivity contribution in [3.63, 3.8) is 0 Å². The van der Waals surface area contributed by atoms with Gasteiger partial charge in [0, 0.05) is 44.5 Å². The fraction of sp³-hybridized carbons (Fsp3) is 0.500. The molecule has 2 aromatic rings. The summed E-state index contributed by atoms with van der Waals surface area (Å²) in [5, 5.41) is 6.85. The monoisotopic (exact) mass is 469 g/mol. The summed E-state index contributed by atoms with van der Waals surface area (Å²) >= 11 is 0. The molecule has 1 aromatic heterocycles. The van der Waals surface area contributed by atoms with Gasteiger partial charge in [-0.2, -0.15) is 0 Å². The summed E-state index contributed by atoms with van der Waals surface area (Å²) in [6, 6.07) is 10.6. The Balaban J connectivity index is 0.00000338. The number of hydrogen-bond donors (Lipinski definition) is 2. The Morgan fingerprint density at radius 2 is 1.88 bits per heavy atom. The zero-order valence-corrected chi connectivity index (χ0v) is 18.7. The molecule has 1 heterocycles. The summed E-state index contributed by atoms with van der Waals surface area (Å²) in [7, 11) is 1.82. The lowest BCUT2D eigenvalue weighted by Gasteiger charge is -2.26. The number of imidazole rings is 1. The maximum Gasteiger partial charge on any atom is 0.191 e. The number of unbranched alkanes of at least 4 members (excludes halogenated alkanes) is 1. The van der Waals surface area contributed by atoms with Crippen LogP contribution < -0.4 is 10.6 Å². The molecule has 0 amide bonds. The van der Waals surface area contributed by atoms with Gasteiger partial charge in [-0.05, 0) is 25.3 Å². The lowest BCUT2D eigenvalue weighted by molar-refractivity contribution is 0.507. The van der Waals surface area contributed by atoms with Gasteiger partial charge >= 0.3 is 0 Å². The second-order valence-electron chi connectivity index (χ2n) is 6.98. The highest BCUT2D eigenvalue weighted by Gasteiger charge is 2.20. The van der Waals surface area contributed by atoms with Gasteiger partial charge in [0.2, 0.25) is 0 Å². The molecule has 26 heavy (non-hydrogen) atoms. The zero-order valence-electron chi connectivity index (χ0n) is 16.3. The molecule has 0 aliphatic carbocycles. The summed E-state index contributed by atoms with van der Waals surface area (Å²) < 4.78 is 2.19. The summed E-state index contributed by atoms with van der Waals surface area (Å²) in [4.78, 5) is 8.57. The first-order chi connectivity index (χ1) is 12.0. The highest BCUT2D eigenvalue weighted by Crippen LogP contribution is 2.21. The first kappa shape index (κ1) is 22.5. The molecule has 0 saturated carbocycles. The maximum atomic E-state index is 4.33. The molecule has 5 nitrogen and oxygen atoms in total. The fourth-order valence-electron chi connectivity index (χ4n) is 2.77. The van der Waals surface area contributed by atoms with E-state index < -0.39 is 0 Å². The van der Waals surface area contributed by atoms with Crippen molar-refractivity contribution < 1.29 is 0 Å². The molecule has 0 atom stereocenters. The van der Waals surface area contributed by atoms with Crippen LogP contribution in [0.3, 0.4) is 0 Å². The van der Waals surface area contributed by atoms with Crippen LogP contribution >= 0.6 is 24.0 Å². The van der Waals surface area contributed by atoms with Crippen molar-refractivity contribution in [1.82, 2.24) is 20.2 Å². The third-order valence-electron chi connectivity index (χ3n) is 4.52. The molecule has 1 aromatic carbocycles. The van der Waals surface area contributed by atoms with Crippen LogP contribution in [0, 0.1) is 6.92 Å². The standard InChI is InChI=1S/C20H31N5.HI/c1-17-22-13-15-25(17)14-9-8-12-23-19(21-4)24-16-20(2,3)18-10-6-5-7-11-18;/h5-7,10-11,13,15H,8-9,12,14,16H2,1-4H3,(H2,21,23,24);1H. The smallest absolute Gasteiger partial charge is 0.191 e. The molecular formula is C20H32IN5. The molecule has 0 aliphatic heterocycles. The van der Waals surface area contributed by atoms with Gasteiger partial charge < -0.3 is 15.2 Å². The number of benzene rings is 1. The molecular weight excluding hydrogens is 437 g/mol. The van der Waals surface area contributed by atoms with Crippen LogP contribution in [0.1, 0.15) is 38.1 Å². The second kappa shape index (κ2) is 11.2. The van der Waals surface area contributed by atoms with Gasteiger partial charge in [-0.1, -0.05) is 44.2 Å². The van der Waals surface area contributed by atoms with E-state index in [9.17, 15) is 0 Å². The van der Waals surface area contributed by atoms with E-state index in [1.807, 2.05) is 26.4 Å². The van der Waals surface area contributed by atoms with Crippen molar-refractivity contribution in [3.8, 4) is 0 Å². The summed E-state index contributed by atoms with van der Waals surface area (Å²) in [5.41, 5.74) is 1.38. The van der Waals surface area contributed by atoms with Gasteiger partial charge in [-0.15, -0.1) is 24.0 Å². The first-order valence-corrected chi connectivity index (χ1v) is 9.01. The van der Waals surface area contributed by atoms with Crippen LogP contribution in [-0.4, -0.2) is 35.6 Å². The van der Waals surface area contributed by atoms with Crippen LogP contribution in [0.4, 0.5) is 0 Å². The second-order valence-corrected chi connectivity index (χ2v) is 6.98. The quantitative estimate of drug-likeness (QED) is 0.268. The van der Waals surface area contributed by atoms with Gasteiger partial charge in [0.25, 0.3) is 0 Å². The van der Waals surface area contributed by atoms with E-state index in [0.717, 1.165) is 44.3 Å². The Bertz CT molecular complexity index is 664. The molecule has 2 N–H and O–H groups in total. The molecule has 2 rings (SSSR count). The molecule has 0 aliphatic rings. The van der Waals surface area contributed by atoms with Crippen molar-refractivity contribution in [3.05, 3.63) is 54.1 Å². The third-order valence-corrected chi connectivity index (χ3v) is 4.52. The molecule has 0 bridgehead atoms. The number of rotatable bonds is 8. The Hall–Kier alpha value is -1.57. The lowest BCUT2D eigenvalue weighted by atomic mass is 9.85. The van der Waals surface area contributed by atoms with Gasteiger partial charge in [-0.3, -0.25) is 4.99 Å². The number of aliphatic imine (C=N–C) groups is 1. The molecule has 0 spiro atoms. The molecule has 144 valence electrons. The topological polar surface area (TPSA) is 54.2 Å². The molecule has 0 saturated heterocycles.